The lowest BCUT2D eigenvalue weighted by molar-refractivity contribution is -0.121. The van der Waals surface area contributed by atoms with Crippen LogP contribution in [0.2, 0.25) is 0 Å². The summed E-state index contributed by atoms with van der Waals surface area (Å²) in [5, 5.41) is 2.67. The van der Waals surface area contributed by atoms with Crippen molar-refractivity contribution < 1.29 is 9.18 Å². The summed E-state index contributed by atoms with van der Waals surface area (Å²) < 4.78 is 14.2. The molecule has 2 aromatic rings. The molecule has 0 spiro atoms. The number of aromatic nitrogens is 2. The molecule has 0 aliphatic carbocycles. The minimum Gasteiger partial charge on any atom is -0.354 e. The van der Waals surface area contributed by atoms with Gasteiger partial charge >= 0.3 is 11.1 Å². The fourth-order valence-electron chi connectivity index (χ4n) is 1.93. The summed E-state index contributed by atoms with van der Waals surface area (Å²) in [5.74, 6) is -0.634. The van der Waals surface area contributed by atoms with Gasteiger partial charge in [-0.3, -0.25) is 19.0 Å². The van der Waals surface area contributed by atoms with Gasteiger partial charge in [0.2, 0.25) is 5.91 Å². The fourth-order valence-corrected chi connectivity index (χ4v) is 1.93. The molecule has 0 radical (unpaired) electrons. The minimum absolute atomic E-state index is 0.177. The van der Waals surface area contributed by atoms with E-state index in [1.807, 2.05) is 13.8 Å². The van der Waals surface area contributed by atoms with Gasteiger partial charge in [0.25, 0.3) is 0 Å². The smallest absolute Gasteiger partial charge is 0.317 e. The molecular weight excluding hydrogens is 277 g/mol. The zero-order valence-electron chi connectivity index (χ0n) is 11.8. The highest BCUT2D eigenvalue weighted by atomic mass is 19.1. The van der Waals surface area contributed by atoms with Gasteiger partial charge in [0.05, 0.1) is 11.0 Å². The van der Waals surface area contributed by atoms with Crippen molar-refractivity contribution in [2.45, 2.75) is 20.4 Å². The van der Waals surface area contributed by atoms with Gasteiger partial charge in [-0.15, -0.1) is 0 Å². The normalized spacial score (nSPS) is 11.0. The van der Waals surface area contributed by atoms with Crippen LogP contribution in [0.5, 0.6) is 0 Å². The van der Waals surface area contributed by atoms with Crippen LogP contribution < -0.4 is 16.4 Å². The van der Waals surface area contributed by atoms with Gasteiger partial charge in [-0.05, 0) is 24.1 Å². The van der Waals surface area contributed by atoms with Gasteiger partial charge in [-0.2, -0.15) is 0 Å². The molecule has 0 unspecified atom stereocenters. The van der Waals surface area contributed by atoms with Gasteiger partial charge in [0.15, 0.2) is 0 Å². The van der Waals surface area contributed by atoms with E-state index in [1.54, 1.807) is 0 Å². The number of carbonyl (C=O) groups excluding carboxylic acids is 1. The number of amides is 1. The Labute approximate surface area is 119 Å². The van der Waals surface area contributed by atoms with E-state index >= 15 is 0 Å². The molecule has 112 valence electrons. The third-order valence-corrected chi connectivity index (χ3v) is 2.95. The molecule has 0 atom stereocenters. The Kier molecular flexibility index (Phi) is 4.21. The van der Waals surface area contributed by atoms with Crippen molar-refractivity contribution in [3.63, 3.8) is 0 Å². The molecule has 1 aromatic carbocycles. The predicted molar refractivity (Wildman–Crippen MR) is 76.6 cm³/mol. The molecule has 21 heavy (non-hydrogen) atoms. The van der Waals surface area contributed by atoms with Crippen molar-refractivity contribution in [2.24, 2.45) is 5.92 Å². The first-order valence-corrected chi connectivity index (χ1v) is 6.57. The van der Waals surface area contributed by atoms with Crippen molar-refractivity contribution >= 4 is 16.9 Å². The second kappa shape index (κ2) is 5.90. The van der Waals surface area contributed by atoms with Crippen molar-refractivity contribution in [3.05, 3.63) is 44.7 Å². The number of hydrogen-bond donors (Lipinski definition) is 2. The van der Waals surface area contributed by atoms with E-state index in [0.717, 1.165) is 10.6 Å². The van der Waals surface area contributed by atoms with Crippen LogP contribution in [0.3, 0.4) is 0 Å². The summed E-state index contributed by atoms with van der Waals surface area (Å²) in [6, 6.07) is 3.64. The fraction of sp³-hybridized carbons (Fsp3) is 0.357. The van der Waals surface area contributed by atoms with Crippen molar-refractivity contribution in [3.8, 4) is 0 Å². The molecule has 0 saturated heterocycles. The molecule has 2 rings (SSSR count). The quantitative estimate of drug-likeness (QED) is 0.810. The molecule has 6 nitrogen and oxygen atoms in total. The van der Waals surface area contributed by atoms with Crippen LogP contribution in [0.4, 0.5) is 4.39 Å². The summed E-state index contributed by atoms with van der Waals surface area (Å²) in [5.41, 5.74) is -1.24. The van der Waals surface area contributed by atoms with Crippen LogP contribution in [-0.4, -0.2) is 22.0 Å². The average Bonchev–Trinajstić information content (AvgIpc) is 2.41. The number of aromatic amines is 1. The van der Waals surface area contributed by atoms with E-state index < -0.39 is 16.9 Å². The lowest BCUT2D eigenvalue weighted by atomic mass is 10.2. The minimum atomic E-state index is -0.884. The topological polar surface area (TPSA) is 84.0 Å². The van der Waals surface area contributed by atoms with E-state index in [-0.39, 0.29) is 23.9 Å². The number of benzene rings is 1. The SMILES string of the molecule is CC(C)CNC(=O)Cn1c(=O)c(=O)[nH]c2cc(F)ccc21. The van der Waals surface area contributed by atoms with Gasteiger partial charge in [0, 0.05) is 6.54 Å². The zero-order chi connectivity index (χ0) is 15.6. The average molecular weight is 293 g/mol. The van der Waals surface area contributed by atoms with Crippen LogP contribution in [-0.2, 0) is 11.3 Å². The van der Waals surface area contributed by atoms with Gasteiger partial charge in [-0.1, -0.05) is 13.8 Å². The molecule has 1 aromatic heterocycles. The third-order valence-electron chi connectivity index (χ3n) is 2.95. The number of fused-ring (bicyclic) bond motifs is 1. The standard InChI is InChI=1S/C14H16FN3O3/c1-8(2)6-16-12(19)7-18-11-4-3-9(15)5-10(11)17-13(20)14(18)21/h3-5,8H,6-7H2,1-2H3,(H,16,19)(H,17,20). The van der Waals surface area contributed by atoms with E-state index in [0.29, 0.717) is 12.1 Å². The number of halogens is 1. The highest BCUT2D eigenvalue weighted by Crippen LogP contribution is 2.10. The van der Waals surface area contributed by atoms with Gasteiger partial charge in [0.1, 0.15) is 12.4 Å². The molecule has 1 amide bonds. The van der Waals surface area contributed by atoms with E-state index in [4.69, 9.17) is 0 Å². The highest BCUT2D eigenvalue weighted by molar-refractivity contribution is 5.79. The maximum Gasteiger partial charge on any atom is 0.317 e. The van der Waals surface area contributed by atoms with Crippen LogP contribution in [0, 0.1) is 11.7 Å². The molecule has 0 bridgehead atoms. The largest absolute Gasteiger partial charge is 0.354 e. The summed E-state index contributed by atoms with van der Waals surface area (Å²) in [7, 11) is 0. The number of nitrogens with one attached hydrogen (secondary N) is 2. The molecule has 1 heterocycles. The zero-order valence-corrected chi connectivity index (χ0v) is 11.8. The Morgan fingerprint density at radius 2 is 2.10 bits per heavy atom. The number of hydrogen-bond acceptors (Lipinski definition) is 3. The second-order valence-electron chi connectivity index (χ2n) is 5.20. The predicted octanol–water partition coefficient (Wildman–Crippen LogP) is 0.601. The lowest BCUT2D eigenvalue weighted by Gasteiger charge is -2.11. The molecule has 2 N–H and O–H groups in total. The molecule has 0 saturated carbocycles. The van der Waals surface area contributed by atoms with Crippen LogP contribution in [0.25, 0.3) is 11.0 Å². The van der Waals surface area contributed by atoms with Gasteiger partial charge < -0.3 is 10.3 Å². The Morgan fingerprint density at radius 3 is 2.76 bits per heavy atom. The summed E-state index contributed by atoms with van der Waals surface area (Å²) >= 11 is 0. The van der Waals surface area contributed by atoms with Crippen LogP contribution in [0.15, 0.2) is 27.8 Å². The maximum atomic E-state index is 13.2. The molecule has 0 fully saturated rings. The number of H-pyrrole nitrogens is 1. The monoisotopic (exact) mass is 293 g/mol. The highest BCUT2D eigenvalue weighted by Gasteiger charge is 2.12. The molecule has 7 heteroatoms. The van der Waals surface area contributed by atoms with E-state index in [2.05, 4.69) is 10.3 Å². The first-order valence-electron chi connectivity index (χ1n) is 6.57. The molecular formula is C14H16FN3O3. The third kappa shape index (κ3) is 3.36. The number of rotatable bonds is 4. The van der Waals surface area contributed by atoms with Crippen molar-refractivity contribution in [1.29, 1.82) is 0 Å². The number of carbonyl (C=O) groups is 1. The van der Waals surface area contributed by atoms with E-state index in [1.165, 1.54) is 12.1 Å². The van der Waals surface area contributed by atoms with Crippen LogP contribution in [0.1, 0.15) is 13.8 Å². The van der Waals surface area contributed by atoms with Gasteiger partial charge in [-0.25, -0.2) is 4.39 Å². The first kappa shape index (κ1) is 15.0. The first-order chi connectivity index (χ1) is 9.88. The Morgan fingerprint density at radius 1 is 1.38 bits per heavy atom. The van der Waals surface area contributed by atoms with Crippen LogP contribution >= 0.6 is 0 Å². The number of nitrogens with zero attached hydrogens (tertiary/aromatic N) is 1. The van der Waals surface area contributed by atoms with E-state index in [9.17, 15) is 18.8 Å². The summed E-state index contributed by atoms with van der Waals surface area (Å²) in [6.45, 7) is 4.08. The summed E-state index contributed by atoms with van der Waals surface area (Å²) in [6.07, 6.45) is 0. The Bertz CT molecular complexity index is 792. The lowest BCUT2D eigenvalue weighted by Crippen LogP contribution is -2.40. The Hall–Kier alpha value is -2.44. The Balaban J connectivity index is 2.43. The van der Waals surface area contributed by atoms with Crippen molar-refractivity contribution in [1.82, 2.24) is 14.9 Å². The molecule has 0 aliphatic heterocycles. The molecule has 0 aliphatic rings. The second-order valence-corrected chi connectivity index (χ2v) is 5.20. The maximum absolute atomic E-state index is 13.2. The van der Waals surface area contributed by atoms with Crippen molar-refractivity contribution in [2.75, 3.05) is 6.54 Å². The summed E-state index contributed by atoms with van der Waals surface area (Å²) in [4.78, 5) is 37.6.